The molecule has 0 saturated carbocycles. The van der Waals surface area contributed by atoms with Gasteiger partial charge in [-0.2, -0.15) is 0 Å². The van der Waals surface area contributed by atoms with Crippen molar-refractivity contribution in [2.75, 3.05) is 0 Å². The highest BCUT2D eigenvalue weighted by atomic mass is 19.3. The fourth-order valence-electron chi connectivity index (χ4n) is 4.50. The second kappa shape index (κ2) is 9.39. The standard InChI is InChI=1S/C25H31F2N3O5/c1-6-8-11-24(7-2)14-19(31)30(21(29-24)28-22(34)35-23(3,4)5)18-13-25(26,27)17-10-9-15(20(32)33)12-16(17)18/h6,9-10,12,18H,1,7-8,11,13-14H2,2-5H3,(H,32,33)(H,28,29,34)/t18-,24-/m1/s1. The molecule has 190 valence electrons. The SMILES string of the molecule is C=CCC[C@]1(CC)CC(=O)N([C@@H]2CC(F)(F)c3ccc(C(=O)O)cc32)C(NC(=O)OC(C)(C)C)=N1. The molecule has 1 heterocycles. The first-order valence-corrected chi connectivity index (χ1v) is 11.5. The fraction of sp³-hybridized carbons (Fsp3) is 0.520. The number of aliphatic imine (C=N–C) groups is 1. The van der Waals surface area contributed by atoms with Gasteiger partial charge in [0.1, 0.15) is 5.60 Å². The van der Waals surface area contributed by atoms with Crippen molar-refractivity contribution in [2.45, 2.75) is 82.9 Å². The number of carbonyl (C=O) groups excluding carboxylic acids is 2. The Bertz CT molecular complexity index is 1080. The Kier molecular flexibility index (Phi) is 7.06. The van der Waals surface area contributed by atoms with Gasteiger partial charge in [0.2, 0.25) is 11.9 Å². The molecule has 3 rings (SSSR count). The van der Waals surface area contributed by atoms with E-state index in [1.165, 1.54) is 0 Å². The zero-order valence-electron chi connectivity index (χ0n) is 20.4. The highest BCUT2D eigenvalue weighted by molar-refractivity contribution is 6.05. The van der Waals surface area contributed by atoms with Crippen molar-refractivity contribution in [1.82, 2.24) is 10.2 Å². The Labute approximate surface area is 203 Å². The van der Waals surface area contributed by atoms with Crippen LogP contribution in [0.5, 0.6) is 0 Å². The van der Waals surface area contributed by atoms with E-state index in [2.05, 4.69) is 11.9 Å². The molecule has 8 nitrogen and oxygen atoms in total. The molecular formula is C25H31F2N3O5. The van der Waals surface area contributed by atoms with Crippen molar-refractivity contribution >= 4 is 23.9 Å². The number of hydrogen-bond donors (Lipinski definition) is 2. The number of benzene rings is 1. The summed E-state index contributed by atoms with van der Waals surface area (Å²) in [5.41, 5.74) is -2.21. The second-order valence-corrected chi connectivity index (χ2v) is 9.94. The molecule has 10 heteroatoms. The number of rotatable bonds is 6. The number of halogens is 2. The van der Waals surface area contributed by atoms with E-state index in [9.17, 15) is 28.3 Å². The van der Waals surface area contributed by atoms with E-state index in [-0.39, 0.29) is 29.1 Å². The molecule has 0 unspecified atom stereocenters. The number of aromatic carboxylic acids is 1. The second-order valence-electron chi connectivity index (χ2n) is 9.94. The van der Waals surface area contributed by atoms with E-state index < -0.39 is 47.5 Å². The number of carbonyl (C=O) groups is 3. The largest absolute Gasteiger partial charge is 0.478 e. The number of alkyl halides is 2. The summed E-state index contributed by atoms with van der Waals surface area (Å²) in [4.78, 5) is 43.4. The molecule has 0 saturated heterocycles. The quantitative estimate of drug-likeness (QED) is 0.535. The van der Waals surface area contributed by atoms with E-state index in [1.807, 2.05) is 6.92 Å². The summed E-state index contributed by atoms with van der Waals surface area (Å²) < 4.78 is 35.2. The van der Waals surface area contributed by atoms with Crippen molar-refractivity contribution in [3.63, 3.8) is 0 Å². The Morgan fingerprint density at radius 3 is 2.63 bits per heavy atom. The van der Waals surface area contributed by atoms with Crippen LogP contribution in [0.25, 0.3) is 0 Å². The number of carboxylic acids is 1. The van der Waals surface area contributed by atoms with Crippen molar-refractivity contribution in [3.8, 4) is 0 Å². The van der Waals surface area contributed by atoms with E-state index in [1.54, 1.807) is 26.8 Å². The average molecular weight is 492 g/mol. The lowest BCUT2D eigenvalue weighted by Gasteiger charge is -2.40. The topological polar surface area (TPSA) is 108 Å². The monoisotopic (exact) mass is 491 g/mol. The van der Waals surface area contributed by atoms with Gasteiger partial charge in [-0.15, -0.1) is 6.58 Å². The number of guanidine groups is 1. The maximum absolute atomic E-state index is 15.0. The van der Waals surface area contributed by atoms with Crippen molar-refractivity contribution < 1.29 is 33.0 Å². The molecule has 0 aromatic heterocycles. The van der Waals surface area contributed by atoms with Gasteiger partial charge in [0, 0.05) is 12.0 Å². The van der Waals surface area contributed by atoms with Crippen molar-refractivity contribution in [1.29, 1.82) is 0 Å². The van der Waals surface area contributed by atoms with Gasteiger partial charge in [0.05, 0.1) is 23.6 Å². The van der Waals surface area contributed by atoms with Crippen LogP contribution in [0.2, 0.25) is 0 Å². The summed E-state index contributed by atoms with van der Waals surface area (Å²) >= 11 is 0. The van der Waals surface area contributed by atoms with Crippen LogP contribution < -0.4 is 5.32 Å². The minimum absolute atomic E-state index is 0.0111. The summed E-state index contributed by atoms with van der Waals surface area (Å²) in [6, 6.07) is 2.13. The molecule has 1 aliphatic carbocycles. The van der Waals surface area contributed by atoms with Crippen molar-refractivity contribution in [2.24, 2.45) is 4.99 Å². The van der Waals surface area contributed by atoms with E-state index in [4.69, 9.17) is 9.73 Å². The molecule has 0 radical (unpaired) electrons. The molecule has 1 aromatic carbocycles. The van der Waals surface area contributed by atoms with Gasteiger partial charge in [-0.3, -0.25) is 15.0 Å². The lowest BCUT2D eigenvalue weighted by Crippen LogP contribution is -2.55. The normalized spacial score (nSPS) is 23.4. The number of ether oxygens (including phenoxy) is 1. The van der Waals surface area contributed by atoms with E-state index >= 15 is 0 Å². The summed E-state index contributed by atoms with van der Waals surface area (Å²) in [5, 5.41) is 11.9. The number of hydrogen-bond acceptors (Lipinski definition) is 5. The third-order valence-corrected chi connectivity index (χ3v) is 6.22. The Balaban J connectivity index is 2.11. The molecular weight excluding hydrogens is 460 g/mol. The maximum Gasteiger partial charge on any atom is 0.414 e. The molecule has 35 heavy (non-hydrogen) atoms. The summed E-state index contributed by atoms with van der Waals surface area (Å²) in [5.74, 6) is -5.25. The Hall–Kier alpha value is -3.30. The zero-order chi connectivity index (χ0) is 26.2. The van der Waals surface area contributed by atoms with Crippen molar-refractivity contribution in [3.05, 3.63) is 47.5 Å². The van der Waals surface area contributed by atoms with Gasteiger partial charge in [0.25, 0.3) is 5.92 Å². The molecule has 2 aliphatic rings. The molecule has 0 bridgehead atoms. The summed E-state index contributed by atoms with van der Waals surface area (Å²) in [6.45, 7) is 10.6. The number of carboxylic acid groups (broad SMARTS) is 1. The molecule has 2 amide bonds. The van der Waals surface area contributed by atoms with Gasteiger partial charge >= 0.3 is 12.1 Å². The zero-order valence-corrected chi connectivity index (χ0v) is 20.4. The van der Waals surface area contributed by atoms with Gasteiger partial charge in [-0.1, -0.05) is 19.1 Å². The van der Waals surface area contributed by atoms with Crippen LogP contribution in [-0.2, 0) is 15.5 Å². The minimum Gasteiger partial charge on any atom is -0.478 e. The summed E-state index contributed by atoms with van der Waals surface area (Å²) in [7, 11) is 0. The third-order valence-electron chi connectivity index (χ3n) is 6.22. The van der Waals surface area contributed by atoms with Crippen LogP contribution in [-0.4, -0.2) is 45.1 Å². The summed E-state index contributed by atoms with van der Waals surface area (Å²) in [6.07, 6.45) is 1.52. The molecule has 1 aliphatic heterocycles. The predicted octanol–water partition coefficient (Wildman–Crippen LogP) is 5.15. The first-order valence-electron chi connectivity index (χ1n) is 11.5. The van der Waals surface area contributed by atoms with Crippen LogP contribution >= 0.6 is 0 Å². The molecule has 0 spiro atoms. The number of nitrogens with zero attached hydrogens (tertiary/aromatic N) is 2. The lowest BCUT2D eigenvalue weighted by molar-refractivity contribution is -0.132. The maximum atomic E-state index is 15.0. The van der Waals surface area contributed by atoms with Gasteiger partial charge in [0.15, 0.2) is 0 Å². The number of allylic oxidation sites excluding steroid dienone is 1. The van der Waals surface area contributed by atoms with Crippen LogP contribution in [0.1, 0.15) is 87.3 Å². The first kappa shape index (κ1) is 26.3. The van der Waals surface area contributed by atoms with Gasteiger partial charge in [-0.05, 0) is 57.7 Å². The average Bonchev–Trinajstić information content (AvgIpc) is 3.00. The Morgan fingerprint density at radius 1 is 1.37 bits per heavy atom. The van der Waals surface area contributed by atoms with Gasteiger partial charge < -0.3 is 9.84 Å². The van der Waals surface area contributed by atoms with Crippen LogP contribution in [0.3, 0.4) is 0 Å². The van der Waals surface area contributed by atoms with Gasteiger partial charge in [-0.25, -0.2) is 23.4 Å². The number of nitrogens with one attached hydrogen (secondary N) is 1. The van der Waals surface area contributed by atoms with E-state index in [0.29, 0.717) is 19.3 Å². The first-order chi connectivity index (χ1) is 16.2. The Morgan fingerprint density at radius 2 is 2.06 bits per heavy atom. The number of alkyl carbamates (subject to hydrolysis) is 1. The highest BCUT2D eigenvalue weighted by Crippen LogP contribution is 2.51. The third kappa shape index (κ3) is 5.52. The molecule has 0 fully saturated rings. The van der Waals surface area contributed by atoms with E-state index in [0.717, 1.165) is 23.1 Å². The number of amides is 2. The fourth-order valence-corrected chi connectivity index (χ4v) is 4.50. The van der Waals surface area contributed by atoms with Crippen LogP contribution in [0.4, 0.5) is 13.6 Å². The minimum atomic E-state index is -3.30. The predicted molar refractivity (Wildman–Crippen MR) is 125 cm³/mol. The van der Waals surface area contributed by atoms with Crippen LogP contribution in [0.15, 0.2) is 35.8 Å². The van der Waals surface area contributed by atoms with Crippen LogP contribution in [0, 0.1) is 0 Å². The molecule has 2 atom stereocenters. The smallest absolute Gasteiger partial charge is 0.414 e. The number of fused-ring (bicyclic) bond motifs is 1. The highest BCUT2D eigenvalue weighted by Gasteiger charge is 2.51. The molecule has 2 N–H and O–H groups in total. The lowest BCUT2D eigenvalue weighted by atomic mass is 9.85. The molecule has 1 aromatic rings.